The van der Waals surface area contributed by atoms with Crippen molar-refractivity contribution in [2.45, 2.75) is 26.2 Å². The quantitative estimate of drug-likeness (QED) is 0.0820. The molecule has 0 unspecified atom stereocenters. The van der Waals surface area contributed by atoms with Crippen LogP contribution >= 0.6 is 0 Å². The van der Waals surface area contributed by atoms with E-state index in [1.165, 1.54) is 66.4 Å². The number of aromatic nitrogens is 4. The molecule has 0 aliphatic heterocycles. The number of rotatable bonds is 9. The van der Waals surface area contributed by atoms with Crippen LogP contribution in [0.3, 0.4) is 0 Å². The summed E-state index contributed by atoms with van der Waals surface area (Å²) in [6.45, 7) is 6.70. The van der Waals surface area contributed by atoms with Crippen LogP contribution in [0.25, 0.3) is 133 Å². The monoisotopic (exact) mass is 1390 g/mol. The molecule has 0 aliphatic carbocycles. The van der Waals surface area contributed by atoms with Gasteiger partial charge in [-0.1, -0.05) is 44.5 Å². The van der Waals surface area contributed by atoms with Crippen molar-refractivity contribution < 1.29 is 30.4 Å². The van der Waals surface area contributed by atoms with Crippen LogP contribution in [-0.4, -0.2) is 43.1 Å². The van der Waals surface area contributed by atoms with Gasteiger partial charge < -0.3 is 9.30 Å². The number of ether oxygens (including phenoxy) is 1. The molecule has 5 aromatic heterocycles. The van der Waals surface area contributed by atoms with E-state index in [4.69, 9.17) is 9.72 Å². The van der Waals surface area contributed by atoms with Crippen LogP contribution in [0.4, 0.5) is 0 Å². The number of imidazole rings is 1. The van der Waals surface area contributed by atoms with Crippen molar-refractivity contribution in [3.05, 3.63) is 273 Å². The normalized spacial score (nSPS) is 11.9. The Kier molecular flexibility index (Phi) is 13.0. The molecule has 0 saturated heterocycles. The molecule has 0 amide bonds. The van der Waals surface area contributed by atoms with E-state index in [1.54, 1.807) is 0 Å². The van der Waals surface area contributed by atoms with Crippen molar-refractivity contribution in [3.8, 4) is 73.2 Å². The molecular weight excluding hydrogens is 1340 g/mol. The van der Waals surface area contributed by atoms with E-state index >= 15 is 0 Å². The Morgan fingerprint density at radius 3 is 1.60 bits per heavy atom. The van der Waals surface area contributed by atoms with E-state index in [2.05, 4.69) is 277 Å². The van der Waals surface area contributed by atoms with E-state index in [0.29, 0.717) is 11.5 Å². The predicted molar refractivity (Wildman–Crippen MR) is 344 cm³/mol. The smallest absolute Gasteiger partial charge is 0.159 e. The van der Waals surface area contributed by atoms with Gasteiger partial charge in [-0.05, 0) is 34.6 Å². The summed E-state index contributed by atoms with van der Waals surface area (Å²) in [4.78, 5) is 4.91. The molecule has 16 aromatic rings. The van der Waals surface area contributed by atoms with Gasteiger partial charge in [0.05, 0.1) is 0 Å². The number of benzene rings is 11. The van der Waals surface area contributed by atoms with E-state index in [0.717, 1.165) is 72.3 Å². The summed E-state index contributed by atoms with van der Waals surface area (Å²) in [5.74, 6) is 2.00. The molecule has 0 radical (unpaired) electrons. The van der Waals surface area contributed by atoms with Gasteiger partial charge in [-0.25, -0.2) is 4.98 Å². The van der Waals surface area contributed by atoms with Crippen LogP contribution < -0.4 is 9.30 Å². The molecule has 0 N–H and O–H groups in total. The van der Waals surface area contributed by atoms with E-state index in [9.17, 15) is 0 Å². The topological polar surface area (TPSA) is 35.9 Å². The summed E-state index contributed by atoms with van der Waals surface area (Å²) in [5, 5.41) is 7.48. The summed E-state index contributed by atoms with van der Waals surface area (Å²) >= 11 is 0.411. The third kappa shape index (κ3) is 9.02. The van der Waals surface area contributed by atoms with Crippen molar-refractivity contribution in [2.75, 3.05) is 0 Å². The number of pyridine rings is 1. The molecule has 5 nitrogen and oxygen atoms in total. The number of hydrogen-bond acceptors (Lipinski definition) is 2. The first-order valence-electron chi connectivity index (χ1n) is 28.0. The van der Waals surface area contributed by atoms with Crippen molar-refractivity contribution >= 4 is 100 Å². The second-order valence-corrected chi connectivity index (χ2v) is 26.9. The first-order chi connectivity index (χ1) is 40.7. The van der Waals surface area contributed by atoms with Gasteiger partial charge in [0.25, 0.3) is 0 Å². The second-order valence-electron chi connectivity index (χ2n) is 22.3. The fraction of sp³-hybridized carbons (Fsp3) is 0.0526. The molecule has 0 bridgehead atoms. The van der Waals surface area contributed by atoms with Gasteiger partial charge >= 0.3 is 350 Å². The minimum Gasteiger partial charge on any atom is -0.159 e. The van der Waals surface area contributed by atoms with E-state index in [1.807, 2.05) is 24.4 Å². The van der Waals surface area contributed by atoms with Crippen LogP contribution in [0.5, 0.6) is 11.5 Å². The zero-order valence-corrected chi connectivity index (χ0v) is 51.7. The molecule has 0 aliphatic rings. The molecule has 0 atom stereocenters. The summed E-state index contributed by atoms with van der Waals surface area (Å²) in [5.41, 5.74) is 16.5. The van der Waals surface area contributed by atoms with Gasteiger partial charge in [-0.3, -0.25) is 0 Å². The molecule has 5 heterocycles. The Morgan fingerprint density at radius 1 is 0.440 bits per heavy atom. The van der Waals surface area contributed by atoms with Gasteiger partial charge in [0.1, 0.15) is 5.82 Å². The Hall–Kier alpha value is -8.63. The standard InChI is InChI=1S/C76H50N4OSe2.Pt/c1-76(2,3)54-38-39-77-74(44-54)80-66-25-11-10-22-60(66)61-33-32-57(46-69(61)80)81-56-21-14-20-55(45-56)78-47-79(68-27-13-12-26-67(68)78)75-58(52-30-36-72-64(42-52)62-40-50(28-34-70(62)82-72)48-16-6-4-7-17-48)23-15-24-59(75)53-31-37-73-65(43-53)63-41-51(29-35-71(63)83-73)49-18-8-5-9-19-49;/h4-44H,1-3H3;/q-2;. The van der Waals surface area contributed by atoms with Gasteiger partial charge in [0, 0.05) is 38.5 Å². The third-order valence-electron chi connectivity index (χ3n) is 16.2. The van der Waals surface area contributed by atoms with Crippen LogP contribution in [0.2, 0.25) is 0 Å². The average Bonchev–Trinajstić information content (AvgIpc) is 3.20. The Bertz CT molecular complexity index is 5060. The molecule has 8 heteroatoms. The Balaban J connectivity index is 0.00000600. The SMILES string of the molecule is CC(C)(C)c1ccnc(-n2c3[c-]c(Oc4[c-]c(-n5[c-][n+](-c6c(-c7ccc8[se]c9ccc(-c%10ccccc%10)cc9c8c7)cccc6-c6ccc7[se]c8ccc(-c9ccccc9)cc8c7c6)c6ccccc65)ccc4)ccc3c3ccccc32)c1.[Pt]. The minimum atomic E-state index is -0.0446. The predicted octanol–water partition coefficient (Wildman–Crippen LogP) is 18.3. The van der Waals surface area contributed by atoms with Crippen molar-refractivity contribution in [1.29, 1.82) is 0 Å². The summed E-state index contributed by atoms with van der Waals surface area (Å²) in [7, 11) is 0. The van der Waals surface area contributed by atoms with Gasteiger partial charge in [0.2, 0.25) is 0 Å². The molecule has 0 fully saturated rings. The van der Waals surface area contributed by atoms with Gasteiger partial charge in [0.15, 0.2) is 0 Å². The van der Waals surface area contributed by atoms with Crippen molar-refractivity contribution in [2.24, 2.45) is 0 Å². The zero-order chi connectivity index (χ0) is 55.3. The summed E-state index contributed by atoms with van der Waals surface area (Å²) < 4.78 is 19.0. The molecule has 11 aromatic carbocycles. The Labute approximate surface area is 513 Å². The van der Waals surface area contributed by atoms with E-state index in [-0.39, 0.29) is 55.5 Å². The number of hydrogen-bond donors (Lipinski definition) is 0. The van der Waals surface area contributed by atoms with Crippen LogP contribution in [0.1, 0.15) is 26.3 Å². The van der Waals surface area contributed by atoms with Gasteiger partial charge in [-0.2, -0.15) is 6.07 Å². The van der Waals surface area contributed by atoms with Crippen molar-refractivity contribution in [3.63, 3.8) is 0 Å². The first kappa shape index (κ1) is 52.2. The maximum atomic E-state index is 6.78. The van der Waals surface area contributed by atoms with Crippen molar-refractivity contribution in [1.82, 2.24) is 14.1 Å². The van der Waals surface area contributed by atoms with Crippen LogP contribution in [0.15, 0.2) is 249 Å². The fourth-order valence-electron chi connectivity index (χ4n) is 12.1. The third-order valence-corrected chi connectivity index (χ3v) is 21.0. The van der Waals surface area contributed by atoms with Crippen LogP contribution in [-0.2, 0) is 26.5 Å². The minimum absolute atomic E-state index is 0. The molecule has 0 saturated carbocycles. The molecular formula is C76H50N4OPtSe2-2. The number of nitrogens with zero attached hydrogens (tertiary/aromatic N) is 4. The number of fused-ring (bicyclic) bond motifs is 10. The first-order valence-corrected chi connectivity index (χ1v) is 31.4. The molecule has 0 spiro atoms. The fourth-order valence-corrected chi connectivity index (χ4v) is 16.6. The maximum absolute atomic E-state index is 6.78. The zero-order valence-electron chi connectivity index (χ0n) is 46.0. The van der Waals surface area contributed by atoms with E-state index < -0.39 is 0 Å². The summed E-state index contributed by atoms with van der Waals surface area (Å²) in [6, 6.07) is 95.6. The average molecular weight is 1390 g/mol. The van der Waals surface area contributed by atoms with Gasteiger partial charge in [-0.15, -0.1) is 23.6 Å². The Morgan fingerprint density at radius 2 is 0.976 bits per heavy atom. The number of para-hydroxylation sites is 4. The molecule has 16 rings (SSSR count). The van der Waals surface area contributed by atoms with Crippen LogP contribution in [0, 0.1) is 18.5 Å². The molecule has 84 heavy (non-hydrogen) atoms. The molecule has 404 valence electrons. The second kappa shape index (κ2) is 20.9. The summed E-state index contributed by atoms with van der Waals surface area (Å²) in [6.07, 6.45) is 5.84.